The van der Waals surface area contributed by atoms with Crippen molar-refractivity contribution in [1.82, 2.24) is 0 Å². The third-order valence-corrected chi connectivity index (χ3v) is 5.95. The van der Waals surface area contributed by atoms with Crippen molar-refractivity contribution in [3.8, 4) is 33.1 Å². The number of hydrogen-bond acceptors (Lipinski definition) is 4. The SMILES string of the molecule is CCSc1c(C)c(-c2cccs2)cc(O)c1-c1ccc(OC)cc1. The number of benzene rings is 2. The van der Waals surface area contributed by atoms with Crippen molar-refractivity contribution < 1.29 is 9.84 Å². The van der Waals surface area contributed by atoms with E-state index in [1.807, 2.05) is 36.4 Å². The highest BCUT2D eigenvalue weighted by Crippen LogP contribution is 2.45. The van der Waals surface area contributed by atoms with Gasteiger partial charge in [-0.25, -0.2) is 0 Å². The Morgan fingerprint density at radius 1 is 1.17 bits per heavy atom. The maximum absolute atomic E-state index is 10.8. The average Bonchev–Trinajstić information content (AvgIpc) is 3.13. The fourth-order valence-electron chi connectivity index (χ4n) is 2.79. The Labute approximate surface area is 151 Å². The van der Waals surface area contributed by atoms with Crippen molar-refractivity contribution in [3.05, 3.63) is 53.4 Å². The van der Waals surface area contributed by atoms with Crippen LogP contribution in [0.3, 0.4) is 0 Å². The first-order chi connectivity index (χ1) is 11.7. The number of phenols is 1. The highest BCUT2D eigenvalue weighted by molar-refractivity contribution is 7.99. The smallest absolute Gasteiger partial charge is 0.125 e. The van der Waals surface area contributed by atoms with Gasteiger partial charge in [0.2, 0.25) is 0 Å². The molecule has 2 aromatic carbocycles. The monoisotopic (exact) mass is 356 g/mol. The lowest BCUT2D eigenvalue weighted by Crippen LogP contribution is -1.92. The molecule has 0 aliphatic carbocycles. The molecule has 0 unspecified atom stereocenters. The van der Waals surface area contributed by atoms with E-state index < -0.39 is 0 Å². The number of phenolic OH excluding ortho intramolecular Hbond substituents is 1. The highest BCUT2D eigenvalue weighted by Gasteiger charge is 2.18. The molecule has 24 heavy (non-hydrogen) atoms. The normalized spacial score (nSPS) is 10.8. The molecule has 0 saturated heterocycles. The van der Waals surface area contributed by atoms with Crippen molar-refractivity contribution >= 4 is 23.1 Å². The molecular weight excluding hydrogens is 336 g/mol. The van der Waals surface area contributed by atoms with Crippen LogP contribution in [0.1, 0.15) is 12.5 Å². The van der Waals surface area contributed by atoms with E-state index in [1.54, 1.807) is 30.2 Å². The van der Waals surface area contributed by atoms with Crippen LogP contribution in [0.25, 0.3) is 21.6 Å². The van der Waals surface area contributed by atoms with Gasteiger partial charge in [-0.1, -0.05) is 25.1 Å². The topological polar surface area (TPSA) is 29.5 Å². The fourth-order valence-corrected chi connectivity index (χ4v) is 4.57. The summed E-state index contributed by atoms with van der Waals surface area (Å²) in [6.07, 6.45) is 0. The zero-order valence-corrected chi connectivity index (χ0v) is 15.6. The molecule has 0 fully saturated rings. The molecule has 1 heterocycles. The summed E-state index contributed by atoms with van der Waals surface area (Å²) in [7, 11) is 1.66. The van der Waals surface area contributed by atoms with Crippen LogP contribution in [0.15, 0.2) is 52.7 Å². The van der Waals surface area contributed by atoms with Crippen molar-refractivity contribution in [2.75, 3.05) is 12.9 Å². The molecule has 4 heteroatoms. The van der Waals surface area contributed by atoms with Gasteiger partial charge in [0.15, 0.2) is 0 Å². The van der Waals surface area contributed by atoms with E-state index in [0.717, 1.165) is 33.1 Å². The molecular formula is C20H20O2S2. The van der Waals surface area contributed by atoms with Gasteiger partial charge in [-0.2, -0.15) is 0 Å². The Morgan fingerprint density at radius 3 is 2.50 bits per heavy atom. The van der Waals surface area contributed by atoms with Crippen LogP contribution in [-0.2, 0) is 0 Å². The van der Waals surface area contributed by atoms with Gasteiger partial charge < -0.3 is 9.84 Å². The zero-order valence-electron chi connectivity index (χ0n) is 14.0. The van der Waals surface area contributed by atoms with Crippen LogP contribution >= 0.6 is 23.1 Å². The van der Waals surface area contributed by atoms with E-state index in [-0.39, 0.29) is 0 Å². The summed E-state index contributed by atoms with van der Waals surface area (Å²) in [6, 6.07) is 13.9. The highest BCUT2D eigenvalue weighted by atomic mass is 32.2. The number of thioether (sulfide) groups is 1. The summed E-state index contributed by atoms with van der Waals surface area (Å²) in [4.78, 5) is 2.33. The standard InChI is InChI=1S/C20H20O2S2/c1-4-23-20-13(2)16(18-6-5-11-24-18)12-17(21)19(20)14-7-9-15(22-3)10-8-14/h5-12,21H,4H2,1-3H3. The molecule has 0 radical (unpaired) electrons. The van der Waals surface area contributed by atoms with Crippen molar-refractivity contribution in [2.24, 2.45) is 0 Å². The number of rotatable bonds is 5. The minimum atomic E-state index is 0.324. The summed E-state index contributed by atoms with van der Waals surface area (Å²) < 4.78 is 5.24. The second-order valence-electron chi connectivity index (χ2n) is 5.41. The summed E-state index contributed by atoms with van der Waals surface area (Å²) in [5, 5.41) is 12.8. The Bertz CT molecular complexity index is 822. The van der Waals surface area contributed by atoms with E-state index in [2.05, 4.69) is 25.3 Å². The first-order valence-electron chi connectivity index (χ1n) is 7.83. The molecule has 0 bridgehead atoms. The van der Waals surface area contributed by atoms with Gasteiger partial charge >= 0.3 is 0 Å². The van der Waals surface area contributed by atoms with Crippen LogP contribution in [0, 0.1) is 6.92 Å². The lowest BCUT2D eigenvalue weighted by atomic mass is 9.97. The van der Waals surface area contributed by atoms with Crippen LogP contribution in [0.4, 0.5) is 0 Å². The molecule has 0 spiro atoms. The van der Waals surface area contributed by atoms with E-state index in [1.165, 1.54) is 10.4 Å². The van der Waals surface area contributed by atoms with Crippen LogP contribution < -0.4 is 4.74 Å². The first kappa shape index (κ1) is 16.9. The molecule has 0 aliphatic rings. The van der Waals surface area contributed by atoms with Crippen LogP contribution in [-0.4, -0.2) is 18.0 Å². The van der Waals surface area contributed by atoms with Gasteiger partial charge in [0.25, 0.3) is 0 Å². The Balaban J connectivity index is 2.19. The average molecular weight is 357 g/mol. The van der Waals surface area contributed by atoms with Gasteiger partial charge in [0, 0.05) is 15.3 Å². The molecule has 0 aliphatic heterocycles. The summed E-state index contributed by atoms with van der Waals surface area (Å²) >= 11 is 3.47. The minimum Gasteiger partial charge on any atom is -0.507 e. The maximum Gasteiger partial charge on any atom is 0.125 e. The Hall–Kier alpha value is -1.91. The number of thiophene rings is 1. The maximum atomic E-state index is 10.8. The lowest BCUT2D eigenvalue weighted by molar-refractivity contribution is 0.415. The van der Waals surface area contributed by atoms with Crippen molar-refractivity contribution in [2.45, 2.75) is 18.7 Å². The van der Waals surface area contributed by atoms with Gasteiger partial charge in [0.05, 0.1) is 7.11 Å². The third-order valence-electron chi connectivity index (χ3n) is 3.96. The summed E-state index contributed by atoms with van der Waals surface area (Å²) in [5.74, 6) is 2.09. The Morgan fingerprint density at radius 2 is 1.92 bits per heavy atom. The lowest BCUT2D eigenvalue weighted by Gasteiger charge is -2.17. The molecule has 0 amide bonds. The number of aromatic hydroxyl groups is 1. The zero-order chi connectivity index (χ0) is 17.1. The van der Waals surface area contributed by atoms with Crippen LogP contribution in [0.5, 0.6) is 11.5 Å². The van der Waals surface area contributed by atoms with Gasteiger partial charge in [-0.15, -0.1) is 23.1 Å². The quantitative estimate of drug-likeness (QED) is 0.551. The number of methoxy groups -OCH3 is 1. The predicted octanol–water partition coefficient (Wildman–Crippen LogP) is 6.22. The van der Waals surface area contributed by atoms with E-state index in [9.17, 15) is 5.11 Å². The summed E-state index contributed by atoms with van der Waals surface area (Å²) in [6.45, 7) is 4.27. The van der Waals surface area contributed by atoms with Gasteiger partial charge in [-0.3, -0.25) is 0 Å². The van der Waals surface area contributed by atoms with E-state index >= 15 is 0 Å². The molecule has 1 aromatic heterocycles. The van der Waals surface area contributed by atoms with Crippen molar-refractivity contribution in [3.63, 3.8) is 0 Å². The Kier molecular flexibility index (Phi) is 5.17. The predicted molar refractivity (Wildman–Crippen MR) is 105 cm³/mol. The molecule has 3 aromatic rings. The molecule has 0 atom stereocenters. The molecule has 124 valence electrons. The largest absolute Gasteiger partial charge is 0.507 e. The molecule has 0 saturated carbocycles. The molecule has 2 nitrogen and oxygen atoms in total. The van der Waals surface area contributed by atoms with E-state index in [4.69, 9.17) is 4.74 Å². The van der Waals surface area contributed by atoms with Crippen LogP contribution in [0.2, 0.25) is 0 Å². The number of hydrogen-bond donors (Lipinski definition) is 1. The molecule has 3 rings (SSSR count). The second kappa shape index (κ2) is 7.32. The van der Waals surface area contributed by atoms with E-state index in [0.29, 0.717) is 5.75 Å². The first-order valence-corrected chi connectivity index (χ1v) is 9.70. The van der Waals surface area contributed by atoms with Gasteiger partial charge in [0.1, 0.15) is 11.5 Å². The fraction of sp³-hybridized carbons (Fsp3) is 0.200. The van der Waals surface area contributed by atoms with Crippen molar-refractivity contribution in [1.29, 1.82) is 0 Å². The third kappa shape index (κ3) is 3.17. The molecule has 1 N–H and O–H groups in total. The van der Waals surface area contributed by atoms with Gasteiger partial charge in [-0.05, 0) is 59.0 Å². The summed E-state index contributed by atoms with van der Waals surface area (Å²) in [5.41, 5.74) is 4.23. The second-order valence-corrected chi connectivity index (χ2v) is 7.63. The minimum absolute atomic E-state index is 0.324. The number of ether oxygens (including phenoxy) is 1.